The third-order valence-corrected chi connectivity index (χ3v) is 2.94. The molecule has 110 valence electrons. The summed E-state index contributed by atoms with van der Waals surface area (Å²) in [5, 5.41) is 0. The quantitative estimate of drug-likeness (QED) is 0.869. The van der Waals surface area contributed by atoms with E-state index in [1.807, 2.05) is 0 Å². The van der Waals surface area contributed by atoms with Crippen molar-refractivity contribution in [3.05, 3.63) is 45.9 Å². The zero-order chi connectivity index (χ0) is 15.4. The lowest BCUT2D eigenvalue weighted by Crippen LogP contribution is -2.23. The molecule has 1 N–H and O–H groups in total. The van der Waals surface area contributed by atoms with Crippen LogP contribution in [0.15, 0.2) is 29.1 Å². The van der Waals surface area contributed by atoms with Gasteiger partial charge >= 0.3 is 5.97 Å². The summed E-state index contributed by atoms with van der Waals surface area (Å²) in [6.07, 6.45) is 0. The van der Waals surface area contributed by atoms with Crippen molar-refractivity contribution in [2.45, 2.75) is 13.8 Å². The average molecular weight is 288 g/mol. The lowest BCUT2D eigenvalue weighted by atomic mass is 10.2. The molecule has 6 heteroatoms. The van der Waals surface area contributed by atoms with Gasteiger partial charge in [-0.25, -0.2) is 9.78 Å². The molecular formula is C15H16N2O4. The second kappa shape index (κ2) is 6.21. The van der Waals surface area contributed by atoms with Crippen molar-refractivity contribution in [3.8, 4) is 17.1 Å². The van der Waals surface area contributed by atoms with E-state index in [9.17, 15) is 9.59 Å². The highest BCUT2D eigenvalue weighted by Crippen LogP contribution is 2.19. The van der Waals surface area contributed by atoms with Crippen LogP contribution in [0.5, 0.6) is 5.75 Å². The minimum Gasteiger partial charge on any atom is -0.497 e. The molecule has 1 aromatic heterocycles. The first-order valence-corrected chi connectivity index (χ1v) is 6.49. The Bertz CT molecular complexity index is 705. The molecule has 0 bridgehead atoms. The van der Waals surface area contributed by atoms with Crippen LogP contribution < -0.4 is 10.3 Å². The smallest absolute Gasteiger partial charge is 0.345 e. The maximum atomic E-state index is 12.1. The van der Waals surface area contributed by atoms with Crippen LogP contribution in [0.25, 0.3) is 11.4 Å². The molecule has 0 saturated heterocycles. The van der Waals surface area contributed by atoms with Gasteiger partial charge in [-0.2, -0.15) is 0 Å². The van der Waals surface area contributed by atoms with Crippen molar-refractivity contribution < 1.29 is 14.3 Å². The lowest BCUT2D eigenvalue weighted by molar-refractivity contribution is 0.0523. The van der Waals surface area contributed by atoms with E-state index in [-0.39, 0.29) is 12.2 Å². The topological polar surface area (TPSA) is 81.3 Å². The van der Waals surface area contributed by atoms with Crippen LogP contribution in [0.3, 0.4) is 0 Å². The number of benzene rings is 1. The maximum absolute atomic E-state index is 12.1. The van der Waals surface area contributed by atoms with Gasteiger partial charge in [0.25, 0.3) is 5.56 Å². The molecule has 0 fully saturated rings. The van der Waals surface area contributed by atoms with E-state index in [4.69, 9.17) is 9.47 Å². The van der Waals surface area contributed by atoms with Gasteiger partial charge in [0.1, 0.15) is 17.1 Å². The fraction of sp³-hybridized carbons (Fsp3) is 0.267. The van der Waals surface area contributed by atoms with Crippen molar-refractivity contribution in [1.29, 1.82) is 0 Å². The Labute approximate surface area is 121 Å². The summed E-state index contributed by atoms with van der Waals surface area (Å²) in [5.41, 5.74) is 0.496. The number of esters is 1. The first kappa shape index (κ1) is 14.8. The van der Waals surface area contributed by atoms with Gasteiger partial charge in [-0.1, -0.05) is 0 Å². The van der Waals surface area contributed by atoms with Crippen LogP contribution in [-0.2, 0) is 4.74 Å². The van der Waals surface area contributed by atoms with Gasteiger partial charge in [0, 0.05) is 5.56 Å². The molecule has 21 heavy (non-hydrogen) atoms. The highest BCUT2D eigenvalue weighted by Gasteiger charge is 2.17. The predicted molar refractivity (Wildman–Crippen MR) is 77.5 cm³/mol. The molecule has 0 amide bonds. The van der Waals surface area contributed by atoms with Gasteiger partial charge in [0.15, 0.2) is 0 Å². The first-order valence-electron chi connectivity index (χ1n) is 6.49. The van der Waals surface area contributed by atoms with E-state index in [1.54, 1.807) is 45.2 Å². The largest absolute Gasteiger partial charge is 0.497 e. The van der Waals surface area contributed by atoms with E-state index in [0.717, 1.165) is 5.56 Å². The second-order valence-corrected chi connectivity index (χ2v) is 4.32. The summed E-state index contributed by atoms with van der Waals surface area (Å²) in [5.74, 6) is 0.444. The van der Waals surface area contributed by atoms with Gasteiger partial charge in [-0.3, -0.25) is 4.79 Å². The van der Waals surface area contributed by atoms with Crippen LogP contribution in [0.1, 0.15) is 23.0 Å². The number of aryl methyl sites for hydroxylation is 1. The van der Waals surface area contributed by atoms with E-state index in [0.29, 0.717) is 17.3 Å². The number of nitrogens with one attached hydrogen (secondary N) is 1. The van der Waals surface area contributed by atoms with E-state index in [1.165, 1.54) is 0 Å². The Morgan fingerprint density at radius 1 is 1.29 bits per heavy atom. The van der Waals surface area contributed by atoms with Crippen molar-refractivity contribution in [2.75, 3.05) is 13.7 Å². The highest BCUT2D eigenvalue weighted by molar-refractivity contribution is 5.90. The number of hydrogen-bond acceptors (Lipinski definition) is 5. The summed E-state index contributed by atoms with van der Waals surface area (Å²) in [6.45, 7) is 3.49. The number of aromatic amines is 1. The van der Waals surface area contributed by atoms with E-state index in [2.05, 4.69) is 9.97 Å². The van der Waals surface area contributed by atoms with Gasteiger partial charge in [-0.15, -0.1) is 0 Å². The van der Waals surface area contributed by atoms with Crippen LogP contribution in [0, 0.1) is 6.92 Å². The third kappa shape index (κ3) is 3.10. The van der Waals surface area contributed by atoms with Crippen LogP contribution in [0.4, 0.5) is 0 Å². The van der Waals surface area contributed by atoms with Gasteiger partial charge in [0.05, 0.1) is 19.4 Å². The standard InChI is InChI=1S/C15H16N2O4/c1-4-21-15(19)12-9(2)16-13(17-14(12)18)10-5-7-11(20-3)8-6-10/h5-8H,4H2,1-3H3,(H,16,17,18). The second-order valence-electron chi connectivity index (χ2n) is 4.32. The maximum Gasteiger partial charge on any atom is 0.345 e. The summed E-state index contributed by atoms with van der Waals surface area (Å²) in [4.78, 5) is 30.6. The molecule has 0 unspecified atom stereocenters. The Balaban J connectivity index is 2.43. The monoisotopic (exact) mass is 288 g/mol. The number of carbonyl (C=O) groups excluding carboxylic acids is 1. The zero-order valence-electron chi connectivity index (χ0n) is 12.1. The molecule has 0 aliphatic rings. The van der Waals surface area contributed by atoms with Crippen molar-refractivity contribution in [2.24, 2.45) is 0 Å². The van der Waals surface area contributed by atoms with E-state index < -0.39 is 11.5 Å². The molecule has 2 aromatic rings. The molecule has 0 aliphatic carbocycles. The normalized spacial score (nSPS) is 10.2. The number of hydrogen-bond donors (Lipinski definition) is 1. The zero-order valence-corrected chi connectivity index (χ0v) is 12.1. The van der Waals surface area contributed by atoms with Gasteiger partial charge in [-0.05, 0) is 38.1 Å². The molecule has 2 rings (SSSR count). The Morgan fingerprint density at radius 3 is 2.48 bits per heavy atom. The fourth-order valence-corrected chi connectivity index (χ4v) is 1.92. The predicted octanol–water partition coefficient (Wildman–Crippen LogP) is 1.93. The third-order valence-electron chi connectivity index (χ3n) is 2.94. The van der Waals surface area contributed by atoms with Crippen LogP contribution in [0.2, 0.25) is 0 Å². The summed E-state index contributed by atoms with van der Waals surface area (Å²) >= 11 is 0. The molecule has 1 aromatic carbocycles. The SMILES string of the molecule is CCOC(=O)c1c(C)nc(-c2ccc(OC)cc2)[nH]c1=O. The van der Waals surface area contributed by atoms with Gasteiger partial charge < -0.3 is 14.5 Å². The lowest BCUT2D eigenvalue weighted by Gasteiger charge is -2.07. The molecule has 0 radical (unpaired) electrons. The number of nitrogens with zero attached hydrogens (tertiary/aromatic N) is 1. The molecular weight excluding hydrogens is 272 g/mol. The Hall–Kier alpha value is -2.63. The number of methoxy groups -OCH3 is 1. The summed E-state index contributed by atoms with van der Waals surface area (Å²) in [7, 11) is 1.58. The van der Waals surface area contributed by atoms with Crippen molar-refractivity contribution in [1.82, 2.24) is 9.97 Å². The highest BCUT2D eigenvalue weighted by atomic mass is 16.5. The van der Waals surface area contributed by atoms with Crippen molar-refractivity contribution in [3.63, 3.8) is 0 Å². The number of rotatable bonds is 4. The Kier molecular flexibility index (Phi) is 4.37. The molecule has 0 saturated carbocycles. The number of carbonyl (C=O) groups is 1. The van der Waals surface area contributed by atoms with Gasteiger partial charge in [0.2, 0.25) is 0 Å². The summed E-state index contributed by atoms with van der Waals surface area (Å²) < 4.78 is 9.93. The number of aromatic nitrogens is 2. The molecule has 0 atom stereocenters. The molecule has 0 aliphatic heterocycles. The Morgan fingerprint density at radius 2 is 1.95 bits per heavy atom. The molecule has 0 spiro atoms. The van der Waals surface area contributed by atoms with E-state index >= 15 is 0 Å². The van der Waals surface area contributed by atoms with Crippen LogP contribution in [-0.4, -0.2) is 29.7 Å². The van der Waals surface area contributed by atoms with Crippen molar-refractivity contribution >= 4 is 5.97 Å². The first-order chi connectivity index (χ1) is 10.1. The minimum atomic E-state index is -0.662. The molecule has 6 nitrogen and oxygen atoms in total. The fourth-order valence-electron chi connectivity index (χ4n) is 1.92. The van der Waals surface area contributed by atoms with Crippen LogP contribution >= 0.6 is 0 Å². The molecule has 1 heterocycles. The average Bonchev–Trinajstić information content (AvgIpc) is 2.47. The minimum absolute atomic E-state index is 0.0610. The number of ether oxygens (including phenoxy) is 2. The summed E-state index contributed by atoms with van der Waals surface area (Å²) in [6, 6.07) is 7.09. The number of H-pyrrole nitrogens is 1.